The molecule has 40 heavy (non-hydrogen) atoms. The molecule has 2 aromatic rings. The number of halogens is 6. The van der Waals surface area contributed by atoms with E-state index in [2.05, 4.69) is 39.5 Å². The van der Waals surface area contributed by atoms with E-state index in [9.17, 15) is 31.1 Å². The molecule has 0 aliphatic carbocycles. The number of carbonyl (C=O) groups is 3. The quantitative estimate of drug-likeness (QED) is 0.464. The second-order valence-electron chi connectivity index (χ2n) is 8.97. The van der Waals surface area contributed by atoms with Crippen LogP contribution in [0.4, 0.5) is 26.3 Å². The largest absolute Gasteiger partial charge is 0.497 e. The predicted molar refractivity (Wildman–Crippen MR) is 127 cm³/mol. The fourth-order valence-electron chi connectivity index (χ4n) is 4.40. The molecule has 15 heteroatoms. The van der Waals surface area contributed by atoms with Crippen LogP contribution < -0.4 is 10.1 Å². The van der Waals surface area contributed by atoms with Crippen molar-refractivity contribution in [3.8, 4) is 5.75 Å². The number of ether oxygens (including phenoxy) is 1. The summed E-state index contributed by atoms with van der Waals surface area (Å²) in [5.41, 5.74) is 2.42. The van der Waals surface area contributed by atoms with Crippen LogP contribution in [0.5, 0.6) is 5.75 Å². The number of hydrogen-bond donors (Lipinski definition) is 3. The van der Waals surface area contributed by atoms with Crippen LogP contribution in [0.3, 0.4) is 0 Å². The number of amides is 1. The van der Waals surface area contributed by atoms with Gasteiger partial charge in [0.1, 0.15) is 5.75 Å². The zero-order chi connectivity index (χ0) is 30.1. The van der Waals surface area contributed by atoms with Gasteiger partial charge in [-0.2, -0.15) is 26.3 Å². The summed E-state index contributed by atoms with van der Waals surface area (Å²) in [5.74, 6) is -4.20. The molecule has 2 fully saturated rings. The van der Waals surface area contributed by atoms with Gasteiger partial charge in [0.25, 0.3) is 0 Å². The fraction of sp³-hybridized carbons (Fsp3) is 0.440. The fourth-order valence-corrected chi connectivity index (χ4v) is 4.40. The molecule has 1 atom stereocenters. The number of aromatic nitrogens is 1. The van der Waals surface area contributed by atoms with Gasteiger partial charge >= 0.3 is 24.3 Å². The number of alkyl halides is 6. The average molecular weight is 579 g/mol. The summed E-state index contributed by atoms with van der Waals surface area (Å²) in [5, 5.41) is 17.6. The molecular formula is C25H27F6N3O6. The Morgan fingerprint density at radius 2 is 1.45 bits per heavy atom. The van der Waals surface area contributed by atoms with Gasteiger partial charge in [-0.25, -0.2) is 9.59 Å². The number of rotatable bonds is 4. The lowest BCUT2D eigenvalue weighted by Gasteiger charge is -2.43. The van der Waals surface area contributed by atoms with Crippen LogP contribution in [0, 0.1) is 0 Å². The number of hydrogen-bond acceptors (Lipinski definition) is 6. The lowest BCUT2D eigenvalue weighted by Crippen LogP contribution is -2.53. The third-order valence-corrected chi connectivity index (χ3v) is 6.35. The Kier molecular flexibility index (Phi) is 10.9. The Morgan fingerprint density at radius 1 is 0.975 bits per heavy atom. The van der Waals surface area contributed by atoms with E-state index in [-0.39, 0.29) is 17.4 Å². The van der Waals surface area contributed by atoms with Crippen LogP contribution in [-0.2, 0) is 20.9 Å². The number of nitrogens with one attached hydrogen (secondary N) is 1. The highest BCUT2D eigenvalue weighted by atomic mass is 19.4. The maximum atomic E-state index is 12.2. The molecule has 0 bridgehead atoms. The Hall–Kier alpha value is -3.88. The molecule has 3 N–H and O–H groups in total. The highest BCUT2D eigenvalue weighted by Crippen LogP contribution is 2.43. The van der Waals surface area contributed by atoms with E-state index in [1.807, 2.05) is 24.5 Å². The van der Waals surface area contributed by atoms with Crippen LogP contribution in [0.15, 0.2) is 48.8 Å². The third-order valence-electron chi connectivity index (χ3n) is 6.35. The molecule has 1 spiro atoms. The molecule has 220 valence electrons. The Balaban J connectivity index is 0.000000333. The first-order valence-corrected chi connectivity index (χ1v) is 11.7. The number of benzene rings is 1. The maximum absolute atomic E-state index is 12.2. The zero-order valence-corrected chi connectivity index (χ0v) is 21.1. The van der Waals surface area contributed by atoms with Gasteiger partial charge in [-0.3, -0.25) is 14.7 Å². The molecule has 4 rings (SSSR count). The van der Waals surface area contributed by atoms with E-state index in [1.165, 1.54) is 11.1 Å². The molecule has 1 amide bonds. The number of carboxylic acids is 2. The highest BCUT2D eigenvalue weighted by molar-refractivity contribution is 5.81. The molecule has 3 heterocycles. The standard InChI is InChI=1S/C21H25N3O2.2C2HF3O2/c1-26-18-4-2-16(3-5-18)15-24-12-8-21(9-13-24)19(14-20(25)23-21)17-6-10-22-11-7-17;2*3-2(4,5)1(6)7/h2-7,10-11,19H,8-9,12-15H2,1H3,(H,23,25);2*(H,6,7). The van der Waals surface area contributed by atoms with E-state index in [1.54, 1.807) is 7.11 Å². The van der Waals surface area contributed by atoms with Crippen molar-refractivity contribution in [1.82, 2.24) is 15.2 Å². The Bertz CT molecular complexity index is 1110. The van der Waals surface area contributed by atoms with E-state index in [4.69, 9.17) is 24.5 Å². The Labute approximate surface area is 224 Å². The van der Waals surface area contributed by atoms with Crippen molar-refractivity contribution in [2.45, 2.75) is 49.6 Å². The highest BCUT2D eigenvalue weighted by Gasteiger charge is 2.48. The van der Waals surface area contributed by atoms with Crippen molar-refractivity contribution in [3.63, 3.8) is 0 Å². The van der Waals surface area contributed by atoms with Crippen molar-refractivity contribution in [2.24, 2.45) is 0 Å². The minimum absolute atomic E-state index is 0.102. The number of likely N-dealkylation sites (tertiary alicyclic amines) is 1. The average Bonchev–Trinajstić information content (AvgIpc) is 3.21. The van der Waals surface area contributed by atoms with Gasteiger partial charge in [0.05, 0.1) is 7.11 Å². The van der Waals surface area contributed by atoms with Gasteiger partial charge in [-0.15, -0.1) is 0 Å². The molecule has 0 radical (unpaired) electrons. The van der Waals surface area contributed by atoms with Gasteiger partial charge in [0.2, 0.25) is 5.91 Å². The lowest BCUT2D eigenvalue weighted by molar-refractivity contribution is -0.193. The number of pyridine rings is 1. The first-order valence-electron chi connectivity index (χ1n) is 11.7. The Morgan fingerprint density at radius 3 is 1.88 bits per heavy atom. The molecule has 2 saturated heterocycles. The van der Waals surface area contributed by atoms with Crippen LogP contribution >= 0.6 is 0 Å². The molecule has 2 aliphatic rings. The molecule has 1 aromatic heterocycles. The van der Waals surface area contributed by atoms with Gasteiger partial charge in [-0.1, -0.05) is 12.1 Å². The summed E-state index contributed by atoms with van der Waals surface area (Å²) >= 11 is 0. The van der Waals surface area contributed by atoms with Crippen molar-refractivity contribution in [1.29, 1.82) is 0 Å². The lowest BCUT2D eigenvalue weighted by atomic mass is 9.74. The minimum atomic E-state index is -5.08. The summed E-state index contributed by atoms with van der Waals surface area (Å²) in [6, 6.07) is 12.4. The monoisotopic (exact) mass is 579 g/mol. The number of nitrogens with zero attached hydrogens (tertiary/aromatic N) is 2. The smallest absolute Gasteiger partial charge is 0.490 e. The van der Waals surface area contributed by atoms with E-state index >= 15 is 0 Å². The van der Waals surface area contributed by atoms with E-state index in [0.717, 1.165) is 38.2 Å². The third kappa shape index (κ3) is 9.39. The minimum Gasteiger partial charge on any atom is -0.497 e. The van der Waals surface area contributed by atoms with Gasteiger partial charge in [0, 0.05) is 49.9 Å². The summed E-state index contributed by atoms with van der Waals surface area (Å²) in [6.45, 7) is 2.93. The van der Waals surface area contributed by atoms with Crippen LogP contribution in [-0.4, -0.2) is 76.0 Å². The van der Waals surface area contributed by atoms with Crippen molar-refractivity contribution in [2.75, 3.05) is 20.2 Å². The zero-order valence-electron chi connectivity index (χ0n) is 21.1. The van der Waals surface area contributed by atoms with Crippen molar-refractivity contribution in [3.05, 3.63) is 59.9 Å². The summed E-state index contributed by atoms with van der Waals surface area (Å²) < 4.78 is 68.7. The van der Waals surface area contributed by atoms with Crippen molar-refractivity contribution >= 4 is 17.8 Å². The summed E-state index contributed by atoms with van der Waals surface area (Å²) in [6.07, 6.45) is -3.96. The van der Waals surface area contributed by atoms with Crippen LogP contribution in [0.2, 0.25) is 0 Å². The molecule has 9 nitrogen and oxygen atoms in total. The summed E-state index contributed by atoms with van der Waals surface area (Å²) in [7, 11) is 1.69. The molecule has 1 aromatic carbocycles. The SMILES string of the molecule is COc1ccc(CN2CCC3(CC2)NC(=O)CC3c2ccncc2)cc1.O=C(O)C(F)(F)F.O=C(O)C(F)(F)F. The number of piperidine rings is 1. The maximum Gasteiger partial charge on any atom is 0.490 e. The molecular weight excluding hydrogens is 552 g/mol. The first kappa shape index (κ1) is 32.3. The topological polar surface area (TPSA) is 129 Å². The van der Waals surface area contributed by atoms with Gasteiger partial charge < -0.3 is 20.3 Å². The second-order valence-corrected chi connectivity index (χ2v) is 8.97. The van der Waals surface area contributed by atoms with E-state index < -0.39 is 24.3 Å². The number of methoxy groups -OCH3 is 1. The van der Waals surface area contributed by atoms with E-state index in [0.29, 0.717) is 6.42 Å². The normalized spacial score (nSPS) is 18.5. The summed E-state index contributed by atoms with van der Waals surface area (Å²) in [4.78, 5) is 36.6. The van der Waals surface area contributed by atoms with Gasteiger partial charge in [0.15, 0.2) is 0 Å². The molecule has 1 unspecified atom stereocenters. The number of carboxylic acid groups (broad SMARTS) is 2. The van der Waals surface area contributed by atoms with Crippen LogP contribution in [0.1, 0.15) is 36.3 Å². The van der Waals surface area contributed by atoms with Gasteiger partial charge in [-0.05, 0) is 48.2 Å². The number of aliphatic carboxylic acids is 2. The second kappa shape index (κ2) is 13.5. The molecule has 2 aliphatic heterocycles. The predicted octanol–water partition coefficient (Wildman–Crippen LogP) is 4.00. The molecule has 0 saturated carbocycles. The first-order chi connectivity index (χ1) is 18.6. The van der Waals surface area contributed by atoms with Crippen LogP contribution in [0.25, 0.3) is 0 Å². The van der Waals surface area contributed by atoms with Crippen molar-refractivity contribution < 1.29 is 55.7 Å². The number of carbonyl (C=O) groups excluding carboxylic acids is 1.